The summed E-state index contributed by atoms with van der Waals surface area (Å²) in [4.78, 5) is 7.46. The minimum absolute atomic E-state index is 0.292. The summed E-state index contributed by atoms with van der Waals surface area (Å²) in [6.07, 6.45) is 7.60. The van der Waals surface area contributed by atoms with Crippen LogP contribution < -0.4 is 20.1 Å². The lowest BCUT2D eigenvalue weighted by atomic mass is 9.97. The summed E-state index contributed by atoms with van der Waals surface area (Å²) >= 11 is 0. The Labute approximate surface area is 188 Å². The summed E-state index contributed by atoms with van der Waals surface area (Å²) in [5, 5.41) is 6.98. The van der Waals surface area contributed by atoms with Crippen LogP contribution in [0, 0.1) is 5.92 Å². The summed E-state index contributed by atoms with van der Waals surface area (Å²) in [7, 11) is 1.71. The van der Waals surface area contributed by atoms with Gasteiger partial charge in [-0.15, -0.1) is 0 Å². The molecule has 6 heteroatoms. The van der Waals surface area contributed by atoms with Crippen LogP contribution in [0.4, 0.5) is 0 Å². The van der Waals surface area contributed by atoms with Crippen LogP contribution in [0.3, 0.4) is 0 Å². The third-order valence-corrected chi connectivity index (χ3v) is 6.46. The fourth-order valence-corrected chi connectivity index (χ4v) is 4.63. The Bertz CT molecular complexity index is 701. The van der Waals surface area contributed by atoms with E-state index >= 15 is 0 Å². The molecule has 1 saturated carbocycles. The summed E-state index contributed by atoms with van der Waals surface area (Å²) in [5.41, 5.74) is 1.08. The number of para-hydroxylation sites is 1. The minimum atomic E-state index is 0.292. The van der Waals surface area contributed by atoms with E-state index in [1.165, 1.54) is 38.8 Å². The number of benzene rings is 1. The van der Waals surface area contributed by atoms with Crippen LogP contribution >= 0.6 is 0 Å². The normalized spacial score (nSPS) is 20.8. The van der Waals surface area contributed by atoms with Gasteiger partial charge in [-0.3, -0.25) is 0 Å². The number of rotatable bonds is 9. The lowest BCUT2D eigenvalue weighted by molar-refractivity contribution is 0.141. The molecule has 2 aliphatic rings. The van der Waals surface area contributed by atoms with Crippen LogP contribution in [0.25, 0.3) is 0 Å². The number of aliphatic imine (C=N–C) groups is 1. The first kappa shape index (κ1) is 23.7. The lowest BCUT2D eigenvalue weighted by Gasteiger charge is -2.35. The Morgan fingerprint density at radius 1 is 1.16 bits per heavy atom. The Morgan fingerprint density at radius 2 is 1.97 bits per heavy atom. The molecule has 0 aromatic heterocycles. The lowest BCUT2D eigenvalue weighted by Crippen LogP contribution is -2.46. The van der Waals surface area contributed by atoms with Crippen molar-refractivity contribution in [1.29, 1.82) is 0 Å². The van der Waals surface area contributed by atoms with Gasteiger partial charge < -0.3 is 25.0 Å². The van der Waals surface area contributed by atoms with Crippen molar-refractivity contribution in [3.63, 3.8) is 0 Å². The number of guanidine groups is 1. The van der Waals surface area contributed by atoms with E-state index in [9.17, 15) is 0 Å². The molecule has 0 radical (unpaired) electrons. The zero-order chi connectivity index (χ0) is 22.1. The maximum Gasteiger partial charge on any atom is 0.191 e. The fourth-order valence-electron chi connectivity index (χ4n) is 4.63. The number of hydrogen-bond donors (Lipinski definition) is 2. The van der Waals surface area contributed by atoms with Crippen LogP contribution in [0.15, 0.2) is 23.2 Å². The van der Waals surface area contributed by atoms with Crippen LogP contribution in [0.2, 0.25) is 0 Å². The van der Waals surface area contributed by atoms with Gasteiger partial charge in [-0.25, -0.2) is 4.99 Å². The molecule has 1 atom stereocenters. The molecule has 174 valence electrons. The topological polar surface area (TPSA) is 58.1 Å². The number of likely N-dealkylation sites (tertiary alicyclic amines) is 1. The van der Waals surface area contributed by atoms with Crippen LogP contribution in [0.5, 0.6) is 11.5 Å². The van der Waals surface area contributed by atoms with Gasteiger partial charge in [0.1, 0.15) is 0 Å². The Balaban J connectivity index is 1.64. The van der Waals surface area contributed by atoms with Crippen molar-refractivity contribution in [3.8, 4) is 11.5 Å². The third kappa shape index (κ3) is 7.03. The van der Waals surface area contributed by atoms with Crippen LogP contribution in [0.1, 0.15) is 64.9 Å². The van der Waals surface area contributed by atoms with Crippen molar-refractivity contribution in [1.82, 2.24) is 15.5 Å². The molecular formula is C25H42N4O2. The first-order valence-electron chi connectivity index (χ1n) is 12.2. The molecule has 31 heavy (non-hydrogen) atoms. The van der Waals surface area contributed by atoms with E-state index in [4.69, 9.17) is 14.5 Å². The van der Waals surface area contributed by atoms with Gasteiger partial charge in [0.15, 0.2) is 17.5 Å². The van der Waals surface area contributed by atoms with E-state index in [0.29, 0.717) is 24.6 Å². The second-order valence-electron chi connectivity index (χ2n) is 9.15. The molecule has 0 amide bonds. The maximum absolute atomic E-state index is 6.37. The van der Waals surface area contributed by atoms with Crippen molar-refractivity contribution in [2.75, 3.05) is 33.3 Å². The largest absolute Gasteiger partial charge is 0.493 e. The molecule has 1 aliphatic carbocycles. The number of methoxy groups -OCH3 is 1. The van der Waals surface area contributed by atoms with E-state index < -0.39 is 0 Å². The average molecular weight is 431 g/mol. The van der Waals surface area contributed by atoms with Crippen molar-refractivity contribution in [3.05, 3.63) is 23.8 Å². The number of hydrogen-bond acceptors (Lipinski definition) is 4. The van der Waals surface area contributed by atoms with Gasteiger partial charge in [-0.2, -0.15) is 0 Å². The SMILES string of the molecule is CCNC(=NCc1cccc(OC)c1OC1CCCC1)NCC1CCCN(C(C)C)C1. The second-order valence-corrected chi connectivity index (χ2v) is 9.15. The molecule has 1 saturated heterocycles. The first-order chi connectivity index (χ1) is 15.1. The zero-order valence-corrected chi connectivity index (χ0v) is 20.0. The molecule has 2 fully saturated rings. The highest BCUT2D eigenvalue weighted by molar-refractivity contribution is 5.79. The molecule has 1 aliphatic heterocycles. The quantitative estimate of drug-likeness (QED) is 0.454. The van der Waals surface area contributed by atoms with Gasteiger partial charge >= 0.3 is 0 Å². The first-order valence-corrected chi connectivity index (χ1v) is 12.2. The number of nitrogens with zero attached hydrogens (tertiary/aromatic N) is 2. The van der Waals surface area contributed by atoms with E-state index in [1.54, 1.807) is 7.11 Å². The fraction of sp³-hybridized carbons (Fsp3) is 0.720. The predicted molar refractivity (Wildman–Crippen MR) is 128 cm³/mol. The van der Waals surface area contributed by atoms with Gasteiger partial charge in [-0.1, -0.05) is 12.1 Å². The van der Waals surface area contributed by atoms with Crippen molar-refractivity contribution in [2.24, 2.45) is 10.9 Å². The van der Waals surface area contributed by atoms with E-state index in [2.05, 4.69) is 42.4 Å². The molecule has 3 rings (SSSR count). The molecule has 2 N–H and O–H groups in total. The van der Waals surface area contributed by atoms with E-state index in [-0.39, 0.29) is 0 Å². The Kier molecular flexibility index (Phi) is 9.31. The number of ether oxygens (including phenoxy) is 2. The van der Waals surface area contributed by atoms with Gasteiger partial charge in [0.25, 0.3) is 0 Å². The minimum Gasteiger partial charge on any atom is -0.493 e. The van der Waals surface area contributed by atoms with Crippen molar-refractivity contribution >= 4 is 5.96 Å². The highest BCUT2D eigenvalue weighted by Crippen LogP contribution is 2.35. The Morgan fingerprint density at radius 3 is 2.68 bits per heavy atom. The van der Waals surface area contributed by atoms with E-state index in [1.807, 2.05) is 12.1 Å². The summed E-state index contributed by atoms with van der Waals surface area (Å²) in [6.45, 7) is 11.5. The van der Waals surface area contributed by atoms with Gasteiger partial charge in [0.2, 0.25) is 0 Å². The van der Waals surface area contributed by atoms with E-state index in [0.717, 1.165) is 49.0 Å². The third-order valence-electron chi connectivity index (χ3n) is 6.46. The van der Waals surface area contributed by atoms with Gasteiger partial charge in [-0.05, 0) is 77.8 Å². The molecule has 0 spiro atoms. The molecule has 1 heterocycles. The van der Waals surface area contributed by atoms with Crippen molar-refractivity contribution < 1.29 is 9.47 Å². The zero-order valence-electron chi connectivity index (χ0n) is 20.0. The van der Waals surface area contributed by atoms with Gasteiger partial charge in [0.05, 0.1) is 19.8 Å². The molecule has 0 bridgehead atoms. The molecule has 1 aromatic rings. The smallest absolute Gasteiger partial charge is 0.191 e. The summed E-state index contributed by atoms with van der Waals surface area (Å²) in [5.74, 6) is 3.20. The van der Waals surface area contributed by atoms with Crippen LogP contribution in [-0.4, -0.2) is 56.3 Å². The average Bonchev–Trinajstić information content (AvgIpc) is 3.29. The summed E-state index contributed by atoms with van der Waals surface area (Å²) in [6, 6.07) is 6.72. The Hall–Kier alpha value is -1.95. The number of piperidine rings is 1. The summed E-state index contributed by atoms with van der Waals surface area (Å²) < 4.78 is 12.0. The maximum atomic E-state index is 6.37. The molecule has 1 aromatic carbocycles. The van der Waals surface area contributed by atoms with Crippen LogP contribution in [-0.2, 0) is 6.54 Å². The standard InChI is InChI=1S/C25H42N4O2/c1-5-26-25(27-16-20-10-9-15-29(18-20)19(2)3)28-17-21-11-8-14-23(30-4)24(21)31-22-12-6-7-13-22/h8,11,14,19-20,22H,5-7,9-10,12-13,15-18H2,1-4H3,(H2,26,27,28). The number of nitrogens with one attached hydrogen (secondary N) is 2. The molecule has 1 unspecified atom stereocenters. The molecular weight excluding hydrogens is 388 g/mol. The van der Waals surface area contributed by atoms with Crippen molar-refractivity contribution in [2.45, 2.75) is 78.0 Å². The highest BCUT2D eigenvalue weighted by atomic mass is 16.5. The highest BCUT2D eigenvalue weighted by Gasteiger charge is 2.22. The van der Waals surface area contributed by atoms with Gasteiger partial charge in [0, 0.05) is 31.2 Å². The predicted octanol–water partition coefficient (Wildman–Crippen LogP) is 4.19. The monoisotopic (exact) mass is 430 g/mol. The molecule has 6 nitrogen and oxygen atoms in total. The second kappa shape index (κ2) is 12.2.